The largest absolute Gasteiger partial charge is 0.497 e. The van der Waals surface area contributed by atoms with Crippen molar-refractivity contribution in [3.05, 3.63) is 65.7 Å². The zero-order valence-electron chi connectivity index (χ0n) is 12.2. The summed E-state index contributed by atoms with van der Waals surface area (Å²) in [6.45, 7) is 1.93. The van der Waals surface area contributed by atoms with Gasteiger partial charge in [0.15, 0.2) is 0 Å². The van der Waals surface area contributed by atoms with Crippen molar-refractivity contribution in [2.24, 2.45) is 5.73 Å². The van der Waals surface area contributed by atoms with E-state index in [0.29, 0.717) is 0 Å². The van der Waals surface area contributed by atoms with Gasteiger partial charge in [0, 0.05) is 0 Å². The lowest BCUT2D eigenvalue weighted by molar-refractivity contribution is -0.123. The van der Waals surface area contributed by atoms with Crippen LogP contribution in [0.2, 0.25) is 0 Å². The Labute approximate surface area is 124 Å². The van der Waals surface area contributed by atoms with Crippen LogP contribution in [0.1, 0.15) is 30.1 Å². The predicted octanol–water partition coefficient (Wildman–Crippen LogP) is 2.57. The molecule has 0 radical (unpaired) electrons. The van der Waals surface area contributed by atoms with Gasteiger partial charge in [-0.2, -0.15) is 0 Å². The first-order valence-corrected chi connectivity index (χ1v) is 6.86. The summed E-state index contributed by atoms with van der Waals surface area (Å²) in [6, 6.07) is 16.2. The zero-order chi connectivity index (χ0) is 15.2. The molecule has 4 heteroatoms. The van der Waals surface area contributed by atoms with E-state index >= 15 is 0 Å². The topological polar surface area (TPSA) is 64.3 Å². The van der Waals surface area contributed by atoms with E-state index in [1.807, 2.05) is 61.5 Å². The van der Waals surface area contributed by atoms with Crippen molar-refractivity contribution in [3.63, 3.8) is 0 Å². The van der Waals surface area contributed by atoms with E-state index in [1.54, 1.807) is 7.11 Å². The average Bonchev–Trinajstić information content (AvgIpc) is 2.55. The molecule has 2 atom stereocenters. The first-order valence-electron chi connectivity index (χ1n) is 6.86. The predicted molar refractivity (Wildman–Crippen MR) is 82.9 cm³/mol. The first-order chi connectivity index (χ1) is 10.1. The number of ether oxygens (including phenoxy) is 1. The molecule has 3 N–H and O–H groups in total. The van der Waals surface area contributed by atoms with Crippen LogP contribution in [0.15, 0.2) is 54.6 Å². The minimum absolute atomic E-state index is 0.113. The van der Waals surface area contributed by atoms with Gasteiger partial charge in [-0.3, -0.25) is 4.79 Å². The summed E-state index contributed by atoms with van der Waals surface area (Å²) in [7, 11) is 1.62. The van der Waals surface area contributed by atoms with Gasteiger partial charge < -0.3 is 15.8 Å². The molecule has 0 aliphatic rings. The van der Waals surface area contributed by atoms with E-state index in [9.17, 15) is 4.79 Å². The lowest BCUT2D eigenvalue weighted by Crippen LogP contribution is -2.35. The zero-order valence-corrected chi connectivity index (χ0v) is 12.2. The summed E-state index contributed by atoms with van der Waals surface area (Å²) in [5.41, 5.74) is 7.79. The van der Waals surface area contributed by atoms with Crippen LogP contribution in [0.5, 0.6) is 5.75 Å². The number of carbonyl (C=O) groups is 1. The maximum absolute atomic E-state index is 12.2. The number of nitrogens with one attached hydrogen (secondary N) is 1. The lowest BCUT2D eigenvalue weighted by Gasteiger charge is -2.18. The Hall–Kier alpha value is -2.33. The van der Waals surface area contributed by atoms with Crippen molar-refractivity contribution in [2.75, 3.05) is 7.11 Å². The molecule has 2 aromatic carbocycles. The van der Waals surface area contributed by atoms with Gasteiger partial charge in [-0.25, -0.2) is 0 Å². The molecular weight excluding hydrogens is 264 g/mol. The second-order valence-electron chi connectivity index (χ2n) is 4.89. The van der Waals surface area contributed by atoms with Crippen LogP contribution in [-0.4, -0.2) is 13.0 Å². The van der Waals surface area contributed by atoms with Gasteiger partial charge in [-0.05, 0) is 30.2 Å². The second-order valence-corrected chi connectivity index (χ2v) is 4.89. The quantitative estimate of drug-likeness (QED) is 0.887. The highest BCUT2D eigenvalue weighted by molar-refractivity contribution is 5.83. The van der Waals surface area contributed by atoms with Gasteiger partial charge in [0.05, 0.1) is 13.2 Å². The average molecular weight is 284 g/mol. The van der Waals surface area contributed by atoms with Crippen molar-refractivity contribution < 1.29 is 9.53 Å². The monoisotopic (exact) mass is 284 g/mol. The number of hydrogen-bond acceptors (Lipinski definition) is 3. The molecule has 0 aliphatic carbocycles. The summed E-state index contributed by atoms with van der Waals surface area (Å²) in [6.07, 6.45) is 0. The second kappa shape index (κ2) is 6.90. The molecule has 4 nitrogen and oxygen atoms in total. The third-order valence-electron chi connectivity index (χ3n) is 3.42. The van der Waals surface area contributed by atoms with Crippen LogP contribution in [0, 0.1) is 0 Å². The van der Waals surface area contributed by atoms with Crippen LogP contribution in [0.25, 0.3) is 0 Å². The van der Waals surface area contributed by atoms with Crippen molar-refractivity contribution in [2.45, 2.75) is 19.0 Å². The third-order valence-corrected chi connectivity index (χ3v) is 3.42. The van der Waals surface area contributed by atoms with Crippen molar-refractivity contribution in [1.82, 2.24) is 5.32 Å². The highest BCUT2D eigenvalue weighted by Gasteiger charge is 2.18. The van der Waals surface area contributed by atoms with Gasteiger partial charge in [-0.15, -0.1) is 0 Å². The summed E-state index contributed by atoms with van der Waals surface area (Å²) < 4.78 is 5.12. The number of amides is 1. The van der Waals surface area contributed by atoms with E-state index in [-0.39, 0.29) is 11.9 Å². The van der Waals surface area contributed by atoms with E-state index in [4.69, 9.17) is 10.5 Å². The molecule has 0 saturated heterocycles. The Bertz CT molecular complexity index is 581. The smallest absolute Gasteiger partial charge is 0.241 e. The van der Waals surface area contributed by atoms with Crippen molar-refractivity contribution in [1.29, 1.82) is 0 Å². The molecule has 2 rings (SSSR count). The molecule has 0 aromatic heterocycles. The summed E-state index contributed by atoms with van der Waals surface area (Å²) in [5, 5.41) is 2.93. The van der Waals surface area contributed by atoms with Crippen LogP contribution in [0.4, 0.5) is 0 Å². The maximum Gasteiger partial charge on any atom is 0.241 e. The number of carbonyl (C=O) groups excluding carboxylic acids is 1. The highest BCUT2D eigenvalue weighted by Crippen LogP contribution is 2.18. The number of nitrogens with two attached hydrogens (primary N) is 1. The fourth-order valence-corrected chi connectivity index (χ4v) is 2.09. The molecule has 110 valence electrons. The number of benzene rings is 2. The number of rotatable bonds is 5. The fraction of sp³-hybridized carbons (Fsp3) is 0.235. The summed E-state index contributed by atoms with van der Waals surface area (Å²) >= 11 is 0. The molecular formula is C17H20N2O2. The Morgan fingerprint density at radius 1 is 1.05 bits per heavy atom. The normalized spacial score (nSPS) is 13.3. The standard InChI is InChI=1S/C17H20N2O2/c1-12(13-8-10-15(21-2)11-9-13)19-17(20)16(18)14-6-4-3-5-7-14/h3-12,16H,18H2,1-2H3,(H,19,20)/t12-,16-/m1/s1. The van der Waals surface area contributed by atoms with Crippen molar-refractivity contribution in [3.8, 4) is 5.75 Å². The molecule has 0 spiro atoms. The van der Waals surface area contributed by atoms with Gasteiger partial charge >= 0.3 is 0 Å². The van der Waals surface area contributed by atoms with E-state index in [0.717, 1.165) is 16.9 Å². The number of hydrogen-bond donors (Lipinski definition) is 2. The third kappa shape index (κ3) is 3.83. The Kier molecular flexibility index (Phi) is 4.95. The SMILES string of the molecule is COc1ccc([C@@H](C)NC(=O)[C@H](N)c2ccccc2)cc1. The first kappa shape index (κ1) is 15.1. The van der Waals surface area contributed by atoms with Crippen molar-refractivity contribution >= 4 is 5.91 Å². The molecule has 1 amide bonds. The van der Waals surface area contributed by atoms with Crippen LogP contribution in [0.3, 0.4) is 0 Å². The molecule has 2 aromatic rings. The fourth-order valence-electron chi connectivity index (χ4n) is 2.09. The molecule has 0 saturated carbocycles. The van der Waals surface area contributed by atoms with Crippen LogP contribution >= 0.6 is 0 Å². The van der Waals surface area contributed by atoms with Gasteiger partial charge in [0.25, 0.3) is 0 Å². The molecule has 21 heavy (non-hydrogen) atoms. The lowest BCUT2D eigenvalue weighted by atomic mass is 10.0. The molecule has 0 fully saturated rings. The van der Waals surface area contributed by atoms with Gasteiger partial charge in [0.2, 0.25) is 5.91 Å². The van der Waals surface area contributed by atoms with E-state index in [2.05, 4.69) is 5.32 Å². The maximum atomic E-state index is 12.2. The highest BCUT2D eigenvalue weighted by atomic mass is 16.5. The van der Waals surface area contributed by atoms with Crippen LogP contribution < -0.4 is 15.8 Å². The van der Waals surface area contributed by atoms with Gasteiger partial charge in [-0.1, -0.05) is 42.5 Å². The summed E-state index contributed by atoms with van der Waals surface area (Å²) in [4.78, 5) is 12.2. The van der Waals surface area contributed by atoms with E-state index in [1.165, 1.54) is 0 Å². The summed E-state index contributed by atoms with van der Waals surface area (Å²) in [5.74, 6) is 0.600. The minimum Gasteiger partial charge on any atom is -0.497 e. The minimum atomic E-state index is -0.660. The molecule has 0 heterocycles. The van der Waals surface area contributed by atoms with E-state index < -0.39 is 6.04 Å². The van der Waals surface area contributed by atoms with Gasteiger partial charge in [0.1, 0.15) is 11.8 Å². The Balaban J connectivity index is 2.01. The van der Waals surface area contributed by atoms with Crippen LogP contribution in [-0.2, 0) is 4.79 Å². The Morgan fingerprint density at radius 2 is 1.67 bits per heavy atom. The Morgan fingerprint density at radius 3 is 2.24 bits per heavy atom. The molecule has 0 bridgehead atoms. The molecule has 0 unspecified atom stereocenters. The molecule has 0 aliphatic heterocycles. The number of methoxy groups -OCH3 is 1.